The second-order valence-corrected chi connectivity index (χ2v) is 9.00. The first kappa shape index (κ1) is 20.7. The van der Waals surface area contributed by atoms with Crippen LogP contribution in [0, 0.1) is 22.9 Å². The number of fused-ring (bicyclic) bond motifs is 1. The average molecular weight is 467 g/mol. The van der Waals surface area contributed by atoms with E-state index in [0.29, 0.717) is 27.8 Å². The second kappa shape index (κ2) is 7.57. The molecule has 1 saturated heterocycles. The van der Waals surface area contributed by atoms with Crippen molar-refractivity contribution in [3.8, 4) is 5.69 Å². The first-order valence-corrected chi connectivity index (χ1v) is 11.0. The monoisotopic (exact) mass is 467 g/mol. The Labute approximate surface area is 191 Å². The summed E-state index contributed by atoms with van der Waals surface area (Å²) in [5, 5.41) is 10.7. The van der Waals surface area contributed by atoms with E-state index in [1.165, 1.54) is 42.2 Å². The van der Waals surface area contributed by atoms with Gasteiger partial charge in [0.2, 0.25) is 0 Å². The van der Waals surface area contributed by atoms with E-state index in [0.717, 1.165) is 38.1 Å². The third-order valence-corrected chi connectivity index (χ3v) is 6.85. The Morgan fingerprint density at radius 3 is 2.53 bits per heavy atom. The quantitative estimate of drug-likeness (QED) is 0.470. The first-order chi connectivity index (χ1) is 16.4. The molecule has 0 unspecified atom stereocenters. The molecular weight excluding hydrogens is 447 g/mol. The van der Waals surface area contributed by atoms with E-state index in [9.17, 15) is 18.0 Å². The number of amides is 1. The van der Waals surface area contributed by atoms with Crippen molar-refractivity contribution in [3.63, 3.8) is 0 Å². The molecule has 2 fully saturated rings. The molecule has 2 N–H and O–H groups in total. The minimum absolute atomic E-state index is 0.0350. The lowest BCUT2D eigenvalue weighted by atomic mass is 9.94. The maximum atomic E-state index is 14.8. The van der Waals surface area contributed by atoms with Gasteiger partial charge in [-0.1, -0.05) is 5.21 Å². The summed E-state index contributed by atoms with van der Waals surface area (Å²) < 4.78 is 43.1. The van der Waals surface area contributed by atoms with Crippen molar-refractivity contribution in [1.82, 2.24) is 25.0 Å². The predicted molar refractivity (Wildman–Crippen MR) is 118 cm³/mol. The van der Waals surface area contributed by atoms with Crippen molar-refractivity contribution in [2.75, 3.05) is 23.3 Å². The summed E-state index contributed by atoms with van der Waals surface area (Å²) in [4.78, 5) is 21.7. The molecule has 0 bridgehead atoms. The molecule has 6 rings (SSSR count). The van der Waals surface area contributed by atoms with Gasteiger partial charge < -0.3 is 15.2 Å². The van der Waals surface area contributed by atoms with E-state index in [2.05, 4.69) is 25.6 Å². The minimum Gasteiger partial charge on any atom is -0.359 e. The lowest BCUT2D eigenvalue weighted by Gasteiger charge is -2.33. The van der Waals surface area contributed by atoms with Crippen LogP contribution in [-0.2, 0) is 0 Å². The standard InChI is InChI=1S/C23H20F3N7O/c24-15-8-14-18(9-16(15)25)27-11-19(14)29-22(34)20-12-33(31-30-20)13-7-17(26)21(28-10-13)32-5-3-23(1-2-23)4-6-32/h7-12,27H,1-6H2,(H,29,34). The van der Waals surface area contributed by atoms with Crippen molar-refractivity contribution >= 4 is 28.3 Å². The Balaban J connectivity index is 1.18. The number of carbonyl (C=O) groups is 1. The van der Waals surface area contributed by atoms with Crippen LogP contribution in [0.3, 0.4) is 0 Å². The smallest absolute Gasteiger partial charge is 0.277 e. The molecule has 1 amide bonds. The van der Waals surface area contributed by atoms with Gasteiger partial charge in [-0.2, -0.15) is 0 Å². The molecule has 4 aromatic rings. The van der Waals surface area contributed by atoms with Crippen LogP contribution in [0.5, 0.6) is 0 Å². The molecule has 1 spiro atoms. The van der Waals surface area contributed by atoms with Crippen LogP contribution in [0.15, 0.2) is 36.8 Å². The van der Waals surface area contributed by atoms with Crippen molar-refractivity contribution in [2.45, 2.75) is 25.7 Å². The van der Waals surface area contributed by atoms with E-state index in [4.69, 9.17) is 0 Å². The lowest BCUT2D eigenvalue weighted by Crippen LogP contribution is -2.35. The van der Waals surface area contributed by atoms with Crippen LogP contribution in [0.1, 0.15) is 36.2 Å². The molecule has 3 aromatic heterocycles. The summed E-state index contributed by atoms with van der Waals surface area (Å²) in [6.45, 7) is 1.59. The predicted octanol–water partition coefficient (Wildman–Crippen LogP) is 4.19. The topological polar surface area (TPSA) is 91.7 Å². The average Bonchev–Trinajstić information content (AvgIpc) is 3.22. The van der Waals surface area contributed by atoms with Gasteiger partial charge in [0.25, 0.3) is 5.91 Å². The van der Waals surface area contributed by atoms with Crippen LogP contribution in [0.25, 0.3) is 16.6 Å². The van der Waals surface area contributed by atoms with Gasteiger partial charge in [-0.05, 0) is 37.2 Å². The van der Waals surface area contributed by atoms with E-state index in [1.807, 2.05) is 4.90 Å². The Bertz CT molecular complexity index is 1420. The number of rotatable bonds is 4. The van der Waals surface area contributed by atoms with Crippen LogP contribution >= 0.6 is 0 Å². The number of nitrogens with one attached hydrogen (secondary N) is 2. The van der Waals surface area contributed by atoms with Gasteiger partial charge in [0, 0.05) is 36.8 Å². The van der Waals surface area contributed by atoms with Crippen molar-refractivity contribution in [3.05, 3.63) is 59.9 Å². The third kappa shape index (κ3) is 3.57. The maximum absolute atomic E-state index is 14.8. The van der Waals surface area contributed by atoms with Gasteiger partial charge >= 0.3 is 0 Å². The molecule has 2 aliphatic rings. The Hall–Kier alpha value is -3.89. The summed E-state index contributed by atoms with van der Waals surface area (Å²) in [5.41, 5.74) is 1.38. The highest BCUT2D eigenvalue weighted by Gasteiger charge is 2.44. The molecular formula is C23H20F3N7O. The fraction of sp³-hybridized carbons (Fsp3) is 0.304. The van der Waals surface area contributed by atoms with E-state index < -0.39 is 23.4 Å². The van der Waals surface area contributed by atoms with Gasteiger partial charge in [-0.15, -0.1) is 5.10 Å². The number of aromatic nitrogens is 5. The molecule has 34 heavy (non-hydrogen) atoms. The number of halogens is 3. The number of pyridine rings is 1. The number of benzene rings is 1. The van der Waals surface area contributed by atoms with E-state index in [-0.39, 0.29) is 11.4 Å². The zero-order chi connectivity index (χ0) is 23.4. The van der Waals surface area contributed by atoms with Gasteiger partial charge in [0.1, 0.15) is 0 Å². The highest BCUT2D eigenvalue weighted by atomic mass is 19.2. The van der Waals surface area contributed by atoms with Crippen LogP contribution in [-0.4, -0.2) is 44.0 Å². The normalized spacial score (nSPS) is 16.9. The highest BCUT2D eigenvalue weighted by Crippen LogP contribution is 2.53. The number of aromatic amines is 1. The van der Waals surface area contributed by atoms with Crippen molar-refractivity contribution in [2.24, 2.45) is 5.41 Å². The van der Waals surface area contributed by atoms with Gasteiger partial charge in [0.15, 0.2) is 29.0 Å². The lowest BCUT2D eigenvalue weighted by molar-refractivity contribution is 0.102. The molecule has 1 aliphatic carbocycles. The summed E-state index contributed by atoms with van der Waals surface area (Å²) in [7, 11) is 0. The first-order valence-electron chi connectivity index (χ1n) is 11.0. The molecule has 11 heteroatoms. The summed E-state index contributed by atoms with van der Waals surface area (Å²) in [6.07, 6.45) is 8.94. The Morgan fingerprint density at radius 2 is 1.79 bits per heavy atom. The van der Waals surface area contributed by atoms with Crippen molar-refractivity contribution < 1.29 is 18.0 Å². The molecule has 4 heterocycles. The molecule has 1 saturated carbocycles. The fourth-order valence-electron chi connectivity index (χ4n) is 4.55. The molecule has 0 atom stereocenters. The van der Waals surface area contributed by atoms with E-state index >= 15 is 0 Å². The van der Waals surface area contributed by atoms with Crippen LogP contribution in [0.4, 0.5) is 24.7 Å². The number of anilines is 2. The van der Waals surface area contributed by atoms with Gasteiger partial charge in [-0.3, -0.25) is 4.79 Å². The molecule has 0 radical (unpaired) electrons. The third-order valence-electron chi connectivity index (χ3n) is 6.85. The van der Waals surface area contributed by atoms with Gasteiger partial charge in [-0.25, -0.2) is 22.8 Å². The Kier molecular flexibility index (Phi) is 4.61. The zero-order valence-corrected chi connectivity index (χ0v) is 18.0. The number of nitrogens with zero attached hydrogens (tertiary/aromatic N) is 5. The summed E-state index contributed by atoms with van der Waals surface area (Å²) >= 11 is 0. The summed E-state index contributed by atoms with van der Waals surface area (Å²) in [6, 6.07) is 3.32. The second-order valence-electron chi connectivity index (χ2n) is 9.00. The van der Waals surface area contributed by atoms with E-state index in [1.54, 1.807) is 0 Å². The number of hydrogen-bond acceptors (Lipinski definition) is 5. The Morgan fingerprint density at radius 1 is 1.03 bits per heavy atom. The highest BCUT2D eigenvalue weighted by molar-refractivity contribution is 6.07. The molecule has 1 aliphatic heterocycles. The molecule has 8 nitrogen and oxygen atoms in total. The van der Waals surface area contributed by atoms with Crippen LogP contribution in [0.2, 0.25) is 0 Å². The summed E-state index contributed by atoms with van der Waals surface area (Å²) in [5.74, 6) is -2.76. The number of carbonyl (C=O) groups excluding carboxylic acids is 1. The molecule has 1 aromatic carbocycles. The number of H-pyrrole nitrogens is 1. The van der Waals surface area contributed by atoms with Crippen molar-refractivity contribution in [1.29, 1.82) is 0 Å². The minimum atomic E-state index is -1.02. The van der Waals surface area contributed by atoms with Gasteiger partial charge in [0.05, 0.1) is 29.3 Å². The maximum Gasteiger partial charge on any atom is 0.277 e. The number of hydrogen-bond donors (Lipinski definition) is 2. The largest absolute Gasteiger partial charge is 0.359 e. The fourth-order valence-corrected chi connectivity index (χ4v) is 4.55. The zero-order valence-electron chi connectivity index (χ0n) is 18.0. The van der Waals surface area contributed by atoms with Crippen LogP contribution < -0.4 is 10.2 Å². The molecule has 174 valence electrons. The number of piperidine rings is 1. The SMILES string of the molecule is O=C(Nc1c[nH]c2cc(F)c(F)cc12)c1cn(-c2cnc(N3CCC4(CC3)CC4)c(F)c2)nn1.